The SMILES string of the molecule is Cc1cccc(CN(C(=O)CCCN(c2cccc(C)c2)S(C)(=O)=O)C(Cc2ccccc2)C(=O)NC(C)(C)C)c1. The number of nitrogens with zero attached hydrogens (tertiary/aromatic N) is 2. The van der Waals surface area contributed by atoms with Gasteiger partial charge < -0.3 is 10.2 Å². The Hall–Kier alpha value is -3.65. The normalized spacial score (nSPS) is 12.4. The number of hydrogen-bond acceptors (Lipinski definition) is 4. The fourth-order valence-electron chi connectivity index (χ4n) is 4.80. The minimum Gasteiger partial charge on any atom is -0.350 e. The van der Waals surface area contributed by atoms with Crippen molar-refractivity contribution < 1.29 is 18.0 Å². The lowest BCUT2D eigenvalue weighted by atomic mass is 10.00. The number of aryl methyl sites for hydroxylation is 2. The minimum atomic E-state index is -3.55. The molecule has 3 aromatic carbocycles. The van der Waals surface area contributed by atoms with Crippen LogP contribution in [-0.4, -0.2) is 49.5 Å². The summed E-state index contributed by atoms with van der Waals surface area (Å²) in [5.74, 6) is -0.422. The smallest absolute Gasteiger partial charge is 0.243 e. The average molecular weight is 578 g/mol. The Kier molecular flexibility index (Phi) is 10.7. The third-order valence-electron chi connectivity index (χ3n) is 6.65. The Morgan fingerprint density at radius 3 is 2.05 bits per heavy atom. The molecule has 0 aliphatic rings. The summed E-state index contributed by atoms with van der Waals surface area (Å²) in [5, 5.41) is 3.07. The summed E-state index contributed by atoms with van der Waals surface area (Å²) < 4.78 is 26.6. The highest BCUT2D eigenvalue weighted by Gasteiger charge is 2.32. The second-order valence-corrected chi connectivity index (χ2v) is 13.6. The van der Waals surface area contributed by atoms with Crippen molar-refractivity contribution in [2.45, 2.75) is 72.0 Å². The lowest BCUT2D eigenvalue weighted by Gasteiger charge is -2.34. The van der Waals surface area contributed by atoms with Crippen molar-refractivity contribution in [3.05, 3.63) is 101 Å². The molecule has 7 nitrogen and oxygen atoms in total. The lowest BCUT2D eigenvalue weighted by molar-refractivity contribution is -0.142. The molecular formula is C33H43N3O4S. The second-order valence-electron chi connectivity index (χ2n) is 11.7. The molecule has 41 heavy (non-hydrogen) atoms. The van der Waals surface area contributed by atoms with Gasteiger partial charge in [-0.1, -0.05) is 72.3 Å². The maximum absolute atomic E-state index is 13.9. The van der Waals surface area contributed by atoms with Crippen molar-refractivity contribution in [2.75, 3.05) is 17.1 Å². The third kappa shape index (κ3) is 10.0. The summed E-state index contributed by atoms with van der Waals surface area (Å²) in [5.41, 5.74) is 3.99. The largest absolute Gasteiger partial charge is 0.350 e. The van der Waals surface area contributed by atoms with Crippen LogP contribution in [0.1, 0.15) is 55.9 Å². The molecule has 0 spiro atoms. The van der Waals surface area contributed by atoms with Crippen molar-refractivity contribution >= 4 is 27.5 Å². The highest BCUT2D eigenvalue weighted by atomic mass is 32.2. The van der Waals surface area contributed by atoms with Crippen LogP contribution in [0.25, 0.3) is 0 Å². The molecule has 0 aliphatic heterocycles. The fourth-order valence-corrected chi connectivity index (χ4v) is 5.76. The van der Waals surface area contributed by atoms with Gasteiger partial charge in [0.05, 0.1) is 11.9 Å². The number of benzene rings is 3. The van der Waals surface area contributed by atoms with Crippen LogP contribution in [0.3, 0.4) is 0 Å². The van der Waals surface area contributed by atoms with E-state index in [-0.39, 0.29) is 31.3 Å². The van der Waals surface area contributed by atoms with Crippen molar-refractivity contribution in [2.24, 2.45) is 0 Å². The standard InChI is InChI=1S/C33H43N3O4S/c1-25-13-10-17-28(21-25)24-35(30(32(38)34-33(3,4)5)23-27-15-8-7-9-16-27)31(37)19-12-20-36(41(6,39)40)29-18-11-14-26(2)22-29/h7-11,13-18,21-22,30H,12,19-20,23-24H2,1-6H3,(H,34,38). The highest BCUT2D eigenvalue weighted by molar-refractivity contribution is 7.92. The molecule has 8 heteroatoms. The predicted molar refractivity (Wildman–Crippen MR) is 166 cm³/mol. The van der Waals surface area contributed by atoms with E-state index in [0.717, 1.165) is 22.3 Å². The Balaban J connectivity index is 1.90. The van der Waals surface area contributed by atoms with E-state index in [2.05, 4.69) is 5.32 Å². The van der Waals surface area contributed by atoms with Crippen LogP contribution in [0.4, 0.5) is 5.69 Å². The fraction of sp³-hybridized carbons (Fsp3) is 0.394. The van der Waals surface area contributed by atoms with E-state index in [1.807, 2.05) is 107 Å². The van der Waals surface area contributed by atoms with Crippen molar-refractivity contribution in [3.63, 3.8) is 0 Å². The number of amides is 2. The molecule has 0 heterocycles. The second kappa shape index (κ2) is 13.8. The van der Waals surface area contributed by atoms with Crippen molar-refractivity contribution in [1.29, 1.82) is 0 Å². The Morgan fingerprint density at radius 2 is 1.46 bits per heavy atom. The van der Waals surface area contributed by atoms with Crippen LogP contribution in [0.5, 0.6) is 0 Å². The molecule has 0 aromatic heterocycles. The molecule has 2 amide bonds. The molecule has 0 fully saturated rings. The van der Waals surface area contributed by atoms with Crippen LogP contribution in [0.15, 0.2) is 78.9 Å². The van der Waals surface area contributed by atoms with E-state index in [9.17, 15) is 18.0 Å². The molecule has 1 N–H and O–H groups in total. The number of sulfonamides is 1. The molecular weight excluding hydrogens is 534 g/mol. The van der Waals surface area contributed by atoms with Gasteiger partial charge in [0.15, 0.2) is 0 Å². The van der Waals surface area contributed by atoms with E-state index < -0.39 is 21.6 Å². The van der Waals surface area contributed by atoms with Gasteiger partial charge in [0, 0.05) is 31.5 Å². The molecule has 0 saturated carbocycles. The first-order valence-corrected chi connectivity index (χ1v) is 15.8. The van der Waals surface area contributed by atoms with Gasteiger partial charge in [0.2, 0.25) is 21.8 Å². The molecule has 220 valence electrons. The summed E-state index contributed by atoms with van der Waals surface area (Å²) >= 11 is 0. The maximum atomic E-state index is 13.9. The lowest BCUT2D eigenvalue weighted by Crippen LogP contribution is -2.54. The zero-order chi connectivity index (χ0) is 30.2. The van der Waals surface area contributed by atoms with Gasteiger partial charge in [-0.25, -0.2) is 8.42 Å². The summed E-state index contributed by atoms with van der Waals surface area (Å²) in [4.78, 5) is 29.3. The van der Waals surface area contributed by atoms with Gasteiger partial charge in [-0.3, -0.25) is 13.9 Å². The van der Waals surface area contributed by atoms with E-state index in [1.165, 1.54) is 10.6 Å². The summed E-state index contributed by atoms with van der Waals surface area (Å²) in [6, 6.07) is 24.2. The van der Waals surface area contributed by atoms with E-state index in [0.29, 0.717) is 18.5 Å². The number of hydrogen-bond donors (Lipinski definition) is 1. The summed E-state index contributed by atoms with van der Waals surface area (Å²) in [7, 11) is -3.55. The zero-order valence-corrected chi connectivity index (χ0v) is 25.9. The molecule has 1 atom stereocenters. The maximum Gasteiger partial charge on any atom is 0.243 e. The van der Waals surface area contributed by atoms with Gasteiger partial charge >= 0.3 is 0 Å². The Morgan fingerprint density at radius 1 is 0.854 bits per heavy atom. The first-order chi connectivity index (χ1) is 19.2. The Labute approximate surface area is 245 Å². The average Bonchev–Trinajstić information content (AvgIpc) is 2.87. The molecule has 0 radical (unpaired) electrons. The molecule has 1 unspecified atom stereocenters. The van der Waals surface area contributed by atoms with E-state index in [4.69, 9.17) is 0 Å². The first-order valence-electron chi connectivity index (χ1n) is 14.0. The number of nitrogens with one attached hydrogen (secondary N) is 1. The van der Waals surface area contributed by atoms with Crippen LogP contribution >= 0.6 is 0 Å². The molecule has 0 aliphatic carbocycles. The van der Waals surface area contributed by atoms with Crippen molar-refractivity contribution in [1.82, 2.24) is 10.2 Å². The topological polar surface area (TPSA) is 86.8 Å². The number of rotatable bonds is 12. The molecule has 3 rings (SSSR count). The van der Waals surface area contributed by atoms with E-state index >= 15 is 0 Å². The molecule has 0 saturated heterocycles. The third-order valence-corrected chi connectivity index (χ3v) is 7.84. The Bertz CT molecular complexity index is 1430. The van der Waals surface area contributed by atoms with Gasteiger partial charge in [0.1, 0.15) is 6.04 Å². The summed E-state index contributed by atoms with van der Waals surface area (Å²) in [6.45, 7) is 10.1. The van der Waals surface area contributed by atoms with Crippen LogP contribution in [0.2, 0.25) is 0 Å². The van der Waals surface area contributed by atoms with Gasteiger partial charge in [-0.05, 0) is 69.9 Å². The number of anilines is 1. The summed E-state index contributed by atoms with van der Waals surface area (Å²) in [6.07, 6.45) is 1.94. The van der Waals surface area contributed by atoms with Gasteiger partial charge in [0.25, 0.3) is 0 Å². The molecule has 0 bridgehead atoms. The van der Waals surface area contributed by atoms with Crippen LogP contribution in [0, 0.1) is 13.8 Å². The van der Waals surface area contributed by atoms with Gasteiger partial charge in [-0.15, -0.1) is 0 Å². The molecule has 3 aromatic rings. The highest BCUT2D eigenvalue weighted by Crippen LogP contribution is 2.21. The van der Waals surface area contributed by atoms with Crippen molar-refractivity contribution in [3.8, 4) is 0 Å². The van der Waals surface area contributed by atoms with Crippen LogP contribution in [-0.2, 0) is 32.6 Å². The van der Waals surface area contributed by atoms with E-state index in [1.54, 1.807) is 11.0 Å². The zero-order valence-electron chi connectivity index (χ0n) is 25.1. The predicted octanol–water partition coefficient (Wildman–Crippen LogP) is 5.40. The number of carbonyl (C=O) groups is 2. The monoisotopic (exact) mass is 577 g/mol. The minimum absolute atomic E-state index is 0.0950. The van der Waals surface area contributed by atoms with Gasteiger partial charge in [-0.2, -0.15) is 0 Å². The van der Waals surface area contributed by atoms with Crippen LogP contribution < -0.4 is 9.62 Å². The first kappa shape index (κ1) is 31.9. The number of carbonyl (C=O) groups excluding carboxylic acids is 2. The quantitative estimate of drug-likeness (QED) is 0.312.